The van der Waals surface area contributed by atoms with Crippen LogP contribution in [0.5, 0.6) is 0 Å². The molecule has 2 aliphatic heterocycles. The van der Waals surface area contributed by atoms with Crippen LogP contribution in [0.2, 0.25) is 0 Å². The Labute approximate surface area is 141 Å². The van der Waals surface area contributed by atoms with Gasteiger partial charge in [0.2, 0.25) is 12.7 Å². The second kappa shape index (κ2) is 5.95. The van der Waals surface area contributed by atoms with Gasteiger partial charge < -0.3 is 9.64 Å². The molecule has 0 radical (unpaired) electrons. The lowest BCUT2D eigenvalue weighted by Gasteiger charge is -2.36. The Morgan fingerprint density at radius 3 is 2.46 bits per heavy atom. The minimum Gasteiger partial charge on any atom is -0.436 e. The highest BCUT2D eigenvalue weighted by Gasteiger charge is 2.68. The first kappa shape index (κ1) is 19.1. The molecule has 2 atom stereocenters. The van der Waals surface area contributed by atoms with Crippen molar-refractivity contribution in [1.29, 1.82) is 0 Å². The van der Waals surface area contributed by atoms with Crippen molar-refractivity contribution in [3.05, 3.63) is 0 Å². The van der Waals surface area contributed by atoms with Crippen LogP contribution in [-0.4, -0.2) is 62.3 Å². The van der Waals surface area contributed by atoms with Crippen molar-refractivity contribution in [2.24, 2.45) is 5.92 Å². The minimum atomic E-state index is -3.85. The lowest BCUT2D eigenvalue weighted by atomic mass is 9.98. The molecule has 1 amide bonds. The zero-order valence-electron chi connectivity index (χ0n) is 13.9. The van der Waals surface area contributed by atoms with Crippen molar-refractivity contribution in [2.45, 2.75) is 50.3 Å². The van der Waals surface area contributed by atoms with Crippen molar-refractivity contribution >= 4 is 31.8 Å². The summed E-state index contributed by atoms with van der Waals surface area (Å²) in [6.07, 6.45) is -0.158. The number of hydrogen-bond donors (Lipinski definition) is 0. The molecule has 0 unspecified atom stereocenters. The topological polar surface area (TPSA) is 124 Å². The predicted molar refractivity (Wildman–Crippen MR) is 82.7 cm³/mol. The van der Waals surface area contributed by atoms with Crippen molar-refractivity contribution in [2.75, 3.05) is 12.5 Å². The van der Waals surface area contributed by atoms with Crippen molar-refractivity contribution in [1.82, 2.24) is 4.90 Å². The first-order valence-electron chi connectivity index (χ1n) is 7.39. The average Bonchev–Trinajstić information content (AvgIpc) is 2.50. The maximum absolute atomic E-state index is 12.4. The van der Waals surface area contributed by atoms with Crippen LogP contribution >= 0.6 is 0 Å². The number of amides is 1. The Balaban J connectivity index is 2.06. The molecule has 0 spiro atoms. The lowest BCUT2D eigenvalue weighted by Crippen LogP contribution is -2.57. The van der Waals surface area contributed by atoms with E-state index in [9.17, 15) is 26.4 Å². The largest absolute Gasteiger partial charge is 0.436 e. The Bertz CT molecular complexity index is 753. The molecule has 9 nitrogen and oxygen atoms in total. The van der Waals surface area contributed by atoms with Crippen LogP contribution in [0.3, 0.4) is 0 Å². The van der Waals surface area contributed by atoms with Crippen LogP contribution in [-0.2, 0) is 38.5 Å². The van der Waals surface area contributed by atoms with E-state index < -0.39 is 54.8 Å². The van der Waals surface area contributed by atoms with E-state index in [4.69, 9.17) is 4.74 Å². The van der Waals surface area contributed by atoms with Crippen molar-refractivity contribution < 1.29 is 35.3 Å². The van der Waals surface area contributed by atoms with Crippen LogP contribution in [0.25, 0.3) is 0 Å². The van der Waals surface area contributed by atoms with Gasteiger partial charge in [0.1, 0.15) is 11.4 Å². The van der Waals surface area contributed by atoms with Crippen LogP contribution in [0.4, 0.5) is 0 Å². The van der Waals surface area contributed by atoms with Gasteiger partial charge in [-0.3, -0.25) is 4.79 Å². The van der Waals surface area contributed by atoms with Crippen LogP contribution < -0.4 is 0 Å². The van der Waals surface area contributed by atoms with E-state index in [0.717, 1.165) is 4.90 Å². The Morgan fingerprint density at radius 1 is 1.38 bits per heavy atom. The number of esters is 1. The molecule has 2 aliphatic rings. The summed E-state index contributed by atoms with van der Waals surface area (Å²) in [6.45, 7) is 5.21. The van der Waals surface area contributed by atoms with Gasteiger partial charge in [-0.15, -0.1) is 0 Å². The summed E-state index contributed by atoms with van der Waals surface area (Å²) in [6, 6.07) is -1.31. The molecular weight excluding hydrogens is 362 g/mol. The summed E-state index contributed by atoms with van der Waals surface area (Å²) in [4.78, 5) is 24.9. The van der Waals surface area contributed by atoms with Gasteiger partial charge in [0.15, 0.2) is 9.84 Å². The van der Waals surface area contributed by atoms with E-state index in [-0.39, 0.29) is 18.1 Å². The normalized spacial score (nSPS) is 27.7. The smallest absolute Gasteiger partial charge is 0.332 e. The van der Waals surface area contributed by atoms with Crippen molar-refractivity contribution in [3.63, 3.8) is 0 Å². The highest BCUT2D eigenvalue weighted by atomic mass is 32.2. The quantitative estimate of drug-likeness (QED) is 0.263. The van der Waals surface area contributed by atoms with E-state index >= 15 is 0 Å². The molecule has 138 valence electrons. The first-order valence-corrected chi connectivity index (χ1v) is 10.5. The van der Waals surface area contributed by atoms with Gasteiger partial charge in [0.05, 0.1) is 16.9 Å². The number of carbonyl (C=O) groups excluding carboxylic acids is 2. The summed E-state index contributed by atoms with van der Waals surface area (Å²) in [5.41, 5.74) is 0. The second-order valence-corrected chi connectivity index (χ2v) is 11.2. The van der Waals surface area contributed by atoms with Crippen LogP contribution in [0.15, 0.2) is 0 Å². The standard InChI is InChI=1S/C13H21NO8S2/c1-8(2)6-23(17,18)22-7-21-12(16)11-13(3,4)24(19,20)10-5-9(15)14(10)11/h8,10-11H,5-7H2,1-4H3/t10-,11+/m1/s1. The third-order valence-electron chi connectivity index (χ3n) is 4.17. The number of β-lactam (4-membered cyclic amide) rings is 1. The summed E-state index contributed by atoms with van der Waals surface area (Å²) >= 11 is 0. The third kappa shape index (κ3) is 3.04. The van der Waals surface area contributed by atoms with E-state index in [1.165, 1.54) is 13.8 Å². The highest BCUT2D eigenvalue weighted by molar-refractivity contribution is 7.93. The molecule has 2 saturated heterocycles. The number of rotatable bonds is 6. The Kier molecular flexibility index (Phi) is 4.75. The fraction of sp³-hybridized carbons (Fsp3) is 0.846. The molecule has 0 aliphatic carbocycles. The maximum Gasteiger partial charge on any atom is 0.332 e. The lowest BCUT2D eigenvalue weighted by molar-refractivity contribution is -0.165. The van der Waals surface area contributed by atoms with Gasteiger partial charge in [-0.2, -0.15) is 8.42 Å². The molecule has 0 aromatic carbocycles. The highest BCUT2D eigenvalue weighted by Crippen LogP contribution is 2.45. The molecule has 0 N–H and O–H groups in total. The van der Waals surface area contributed by atoms with E-state index in [2.05, 4.69) is 4.18 Å². The molecule has 2 fully saturated rings. The Hall–Kier alpha value is -1.20. The SMILES string of the molecule is CC(C)CS(=O)(=O)OCOC(=O)[C@@H]1N2C(=O)C[C@H]2S(=O)(=O)C1(C)C. The minimum absolute atomic E-state index is 0.158. The molecule has 0 aromatic heterocycles. The number of sulfone groups is 1. The van der Waals surface area contributed by atoms with Gasteiger partial charge in [-0.25, -0.2) is 17.4 Å². The molecule has 2 rings (SSSR count). The number of hydrogen-bond acceptors (Lipinski definition) is 8. The summed E-state index contributed by atoms with van der Waals surface area (Å²) in [5, 5.41) is -1.02. The zero-order chi connectivity index (χ0) is 18.5. The molecule has 24 heavy (non-hydrogen) atoms. The molecule has 0 bridgehead atoms. The summed E-state index contributed by atoms with van der Waals surface area (Å²) in [7, 11) is -7.57. The summed E-state index contributed by atoms with van der Waals surface area (Å²) in [5.74, 6) is -1.85. The summed E-state index contributed by atoms with van der Waals surface area (Å²) < 4.78 is 55.7. The van der Waals surface area contributed by atoms with E-state index in [0.29, 0.717) is 0 Å². The Morgan fingerprint density at radius 2 is 1.96 bits per heavy atom. The second-order valence-electron chi connectivity index (χ2n) is 6.83. The number of nitrogens with zero attached hydrogens (tertiary/aromatic N) is 1. The van der Waals surface area contributed by atoms with Gasteiger partial charge in [0.25, 0.3) is 10.1 Å². The van der Waals surface area contributed by atoms with E-state index in [1.807, 2.05) is 0 Å². The number of ether oxygens (including phenoxy) is 1. The zero-order valence-corrected chi connectivity index (χ0v) is 15.5. The molecular formula is C13H21NO8S2. The van der Waals surface area contributed by atoms with E-state index in [1.54, 1.807) is 13.8 Å². The molecule has 0 saturated carbocycles. The predicted octanol–water partition coefficient (Wildman–Crippen LogP) is -0.376. The molecule has 2 heterocycles. The molecule has 11 heteroatoms. The first-order chi connectivity index (χ1) is 10.8. The number of fused-ring (bicyclic) bond motifs is 1. The van der Waals surface area contributed by atoms with Crippen molar-refractivity contribution in [3.8, 4) is 0 Å². The van der Waals surface area contributed by atoms with Gasteiger partial charge >= 0.3 is 5.97 Å². The fourth-order valence-corrected chi connectivity index (χ4v) is 6.13. The van der Waals surface area contributed by atoms with Crippen LogP contribution in [0.1, 0.15) is 34.1 Å². The fourth-order valence-electron chi connectivity index (χ4n) is 2.90. The van der Waals surface area contributed by atoms with Gasteiger partial charge in [-0.1, -0.05) is 13.8 Å². The monoisotopic (exact) mass is 383 g/mol. The van der Waals surface area contributed by atoms with Gasteiger partial charge in [0, 0.05) is 0 Å². The number of carbonyl (C=O) groups is 2. The third-order valence-corrected chi connectivity index (χ3v) is 8.50. The molecule has 0 aromatic rings. The average molecular weight is 383 g/mol. The van der Waals surface area contributed by atoms with Gasteiger partial charge in [-0.05, 0) is 19.8 Å². The van der Waals surface area contributed by atoms with Crippen LogP contribution in [0, 0.1) is 5.92 Å². The maximum atomic E-state index is 12.4.